The molecule has 4 nitrogen and oxygen atoms in total. The molecule has 1 atom stereocenters. The summed E-state index contributed by atoms with van der Waals surface area (Å²) in [6, 6.07) is -0.365. The Kier molecular flexibility index (Phi) is 4.34. The summed E-state index contributed by atoms with van der Waals surface area (Å²) in [5.41, 5.74) is 0.932. The van der Waals surface area contributed by atoms with Gasteiger partial charge in [0.1, 0.15) is 6.04 Å². The van der Waals surface area contributed by atoms with E-state index in [9.17, 15) is 9.59 Å². The molecule has 1 aliphatic rings. The van der Waals surface area contributed by atoms with Gasteiger partial charge in [0.05, 0.1) is 0 Å². The number of allylic oxidation sites excluding steroid dienone is 1. The Morgan fingerprint density at radius 1 is 1.47 bits per heavy atom. The van der Waals surface area contributed by atoms with E-state index in [0.29, 0.717) is 6.54 Å². The van der Waals surface area contributed by atoms with Crippen molar-refractivity contribution in [3.63, 3.8) is 0 Å². The molecule has 1 rings (SSSR count). The van der Waals surface area contributed by atoms with Crippen LogP contribution in [0.25, 0.3) is 0 Å². The van der Waals surface area contributed by atoms with Gasteiger partial charge in [-0.2, -0.15) is 0 Å². The number of carbonyl (C=O) groups excluding carboxylic acids is 2. The van der Waals surface area contributed by atoms with Crippen LogP contribution in [0.4, 0.5) is 0 Å². The Balaban J connectivity index is 2.51. The Bertz CT molecular complexity index is 280. The summed E-state index contributed by atoms with van der Waals surface area (Å²) in [6.45, 7) is 4.42. The van der Waals surface area contributed by atoms with E-state index in [2.05, 4.69) is 10.6 Å². The van der Waals surface area contributed by atoms with Gasteiger partial charge in [0.15, 0.2) is 0 Å². The lowest BCUT2D eigenvalue weighted by Crippen LogP contribution is -2.45. The van der Waals surface area contributed by atoms with Crippen LogP contribution in [0.15, 0.2) is 11.6 Å². The maximum Gasteiger partial charge on any atom is 0.244 e. The van der Waals surface area contributed by atoms with Gasteiger partial charge < -0.3 is 10.6 Å². The van der Waals surface area contributed by atoms with E-state index < -0.39 is 0 Å². The van der Waals surface area contributed by atoms with Crippen molar-refractivity contribution in [2.75, 3.05) is 6.54 Å². The molecule has 0 aliphatic carbocycles. The summed E-state index contributed by atoms with van der Waals surface area (Å²) in [4.78, 5) is 22.9. The van der Waals surface area contributed by atoms with Crippen LogP contribution in [0.5, 0.6) is 0 Å². The molecular weight excluding hydrogens is 192 g/mol. The molecule has 1 aliphatic heterocycles. The zero-order chi connectivity index (χ0) is 11.3. The summed E-state index contributed by atoms with van der Waals surface area (Å²) in [7, 11) is 0. The van der Waals surface area contributed by atoms with Crippen LogP contribution in [0.1, 0.15) is 33.1 Å². The molecule has 4 heteroatoms. The minimum Gasteiger partial charge on any atom is -0.354 e. The van der Waals surface area contributed by atoms with Crippen LogP contribution in [0.3, 0.4) is 0 Å². The number of amides is 2. The summed E-state index contributed by atoms with van der Waals surface area (Å²) in [5, 5.41) is 5.49. The monoisotopic (exact) mass is 210 g/mol. The van der Waals surface area contributed by atoms with E-state index in [0.717, 1.165) is 24.8 Å². The van der Waals surface area contributed by atoms with Crippen molar-refractivity contribution in [3.8, 4) is 0 Å². The Morgan fingerprint density at radius 2 is 2.20 bits per heavy atom. The zero-order valence-corrected chi connectivity index (χ0v) is 9.30. The molecule has 0 spiro atoms. The van der Waals surface area contributed by atoms with E-state index in [-0.39, 0.29) is 17.9 Å². The minimum atomic E-state index is -0.365. The molecule has 2 N–H and O–H groups in total. The molecule has 1 fully saturated rings. The quantitative estimate of drug-likeness (QED) is 0.660. The first-order valence-electron chi connectivity index (χ1n) is 5.32. The first-order valence-corrected chi connectivity index (χ1v) is 5.32. The van der Waals surface area contributed by atoms with E-state index in [1.54, 1.807) is 0 Å². The lowest BCUT2D eigenvalue weighted by Gasteiger charge is -2.13. The number of nitrogens with one attached hydrogen (secondary N) is 2. The van der Waals surface area contributed by atoms with E-state index >= 15 is 0 Å². The first kappa shape index (κ1) is 11.8. The highest BCUT2D eigenvalue weighted by Gasteiger charge is 2.21. The molecule has 15 heavy (non-hydrogen) atoms. The standard InChI is InChI=1S/C11H18N2O2/c1-8(2)7-10(14)13-9-5-3-4-6-12-11(9)15/h7,9H,3-6H2,1-2H3,(H,12,15)(H,13,14). The van der Waals surface area contributed by atoms with Crippen molar-refractivity contribution in [2.24, 2.45) is 0 Å². The third-order valence-corrected chi connectivity index (χ3v) is 2.27. The highest BCUT2D eigenvalue weighted by atomic mass is 16.2. The SMILES string of the molecule is CC(C)=CC(=O)NC1CCCCNC1=O. The van der Waals surface area contributed by atoms with Crippen LogP contribution < -0.4 is 10.6 Å². The average Bonchev–Trinajstić information content (AvgIpc) is 2.30. The molecule has 1 unspecified atom stereocenters. The molecule has 1 heterocycles. The van der Waals surface area contributed by atoms with Gasteiger partial charge in [-0.3, -0.25) is 9.59 Å². The number of carbonyl (C=O) groups is 2. The molecule has 0 bridgehead atoms. The largest absolute Gasteiger partial charge is 0.354 e. The summed E-state index contributed by atoms with van der Waals surface area (Å²) in [5.74, 6) is -0.250. The summed E-state index contributed by atoms with van der Waals surface area (Å²) >= 11 is 0. The second-order valence-electron chi connectivity index (χ2n) is 4.07. The van der Waals surface area contributed by atoms with E-state index in [1.165, 1.54) is 6.08 Å². The van der Waals surface area contributed by atoms with Crippen LogP contribution in [-0.2, 0) is 9.59 Å². The first-order chi connectivity index (χ1) is 7.09. The average molecular weight is 210 g/mol. The van der Waals surface area contributed by atoms with Crippen molar-refractivity contribution in [1.29, 1.82) is 0 Å². The topological polar surface area (TPSA) is 58.2 Å². The third-order valence-electron chi connectivity index (χ3n) is 2.27. The molecule has 1 saturated heterocycles. The van der Waals surface area contributed by atoms with Gasteiger partial charge in [-0.25, -0.2) is 0 Å². The number of hydrogen-bond acceptors (Lipinski definition) is 2. The molecule has 2 amide bonds. The van der Waals surface area contributed by atoms with Gasteiger partial charge in [0.2, 0.25) is 11.8 Å². The number of rotatable bonds is 2. The fourth-order valence-electron chi connectivity index (χ4n) is 1.55. The molecule has 0 aromatic carbocycles. The van der Waals surface area contributed by atoms with Crippen LogP contribution >= 0.6 is 0 Å². The molecule has 0 radical (unpaired) electrons. The van der Waals surface area contributed by atoms with Crippen LogP contribution in [0, 0.1) is 0 Å². The summed E-state index contributed by atoms with van der Waals surface area (Å²) < 4.78 is 0. The smallest absolute Gasteiger partial charge is 0.244 e. The molecule has 0 aromatic heterocycles. The molecule has 0 aromatic rings. The van der Waals surface area contributed by atoms with Gasteiger partial charge >= 0.3 is 0 Å². The Morgan fingerprint density at radius 3 is 2.87 bits per heavy atom. The highest BCUT2D eigenvalue weighted by molar-refractivity contribution is 5.93. The van der Waals surface area contributed by atoms with Crippen molar-refractivity contribution >= 4 is 11.8 Å². The maximum absolute atomic E-state index is 11.5. The maximum atomic E-state index is 11.5. The van der Waals surface area contributed by atoms with Crippen molar-refractivity contribution in [1.82, 2.24) is 10.6 Å². The van der Waals surface area contributed by atoms with Crippen molar-refractivity contribution in [3.05, 3.63) is 11.6 Å². The predicted molar refractivity (Wildman–Crippen MR) is 58.2 cm³/mol. The Labute approximate surface area is 90.1 Å². The predicted octanol–water partition coefficient (Wildman–Crippen LogP) is 0.737. The van der Waals surface area contributed by atoms with Gasteiger partial charge in [0, 0.05) is 12.6 Å². The lowest BCUT2D eigenvalue weighted by molar-refractivity contribution is -0.126. The van der Waals surface area contributed by atoms with Gasteiger partial charge in [0.25, 0.3) is 0 Å². The molecule has 0 saturated carbocycles. The second kappa shape index (κ2) is 5.53. The molecular formula is C11H18N2O2. The third kappa shape index (κ3) is 4.14. The van der Waals surface area contributed by atoms with Gasteiger partial charge in [-0.15, -0.1) is 0 Å². The minimum absolute atomic E-state index is 0.0667. The molecule has 84 valence electrons. The normalized spacial score (nSPS) is 21.2. The van der Waals surface area contributed by atoms with E-state index in [4.69, 9.17) is 0 Å². The second-order valence-corrected chi connectivity index (χ2v) is 4.07. The van der Waals surface area contributed by atoms with Crippen molar-refractivity contribution in [2.45, 2.75) is 39.2 Å². The number of hydrogen-bond donors (Lipinski definition) is 2. The fourth-order valence-corrected chi connectivity index (χ4v) is 1.55. The van der Waals surface area contributed by atoms with Gasteiger partial charge in [-0.05, 0) is 33.1 Å². The van der Waals surface area contributed by atoms with Crippen LogP contribution in [0.2, 0.25) is 0 Å². The summed E-state index contributed by atoms with van der Waals surface area (Å²) in [6.07, 6.45) is 4.20. The van der Waals surface area contributed by atoms with Crippen LogP contribution in [-0.4, -0.2) is 24.4 Å². The lowest BCUT2D eigenvalue weighted by atomic mass is 10.1. The zero-order valence-electron chi connectivity index (χ0n) is 9.30. The van der Waals surface area contributed by atoms with Crippen molar-refractivity contribution < 1.29 is 9.59 Å². The van der Waals surface area contributed by atoms with Gasteiger partial charge in [-0.1, -0.05) is 5.57 Å². The fraction of sp³-hybridized carbons (Fsp3) is 0.636. The Hall–Kier alpha value is -1.32. The van der Waals surface area contributed by atoms with E-state index in [1.807, 2.05) is 13.8 Å². The highest BCUT2D eigenvalue weighted by Crippen LogP contribution is 2.05.